The van der Waals surface area contributed by atoms with Gasteiger partial charge >= 0.3 is 5.97 Å². The highest BCUT2D eigenvalue weighted by molar-refractivity contribution is 6.30. The molecular formula is C24H20ClFN2O2. The van der Waals surface area contributed by atoms with Gasteiger partial charge in [-0.05, 0) is 41.5 Å². The summed E-state index contributed by atoms with van der Waals surface area (Å²) in [6, 6.07) is 21.3. The molecule has 2 N–H and O–H groups in total. The van der Waals surface area contributed by atoms with Crippen molar-refractivity contribution in [2.24, 2.45) is 0 Å². The molecule has 0 saturated carbocycles. The largest absolute Gasteiger partial charge is 0.477 e. The number of carboxylic acids is 1. The maximum atomic E-state index is 13.7. The summed E-state index contributed by atoms with van der Waals surface area (Å²) in [6.07, 6.45) is 0. The van der Waals surface area contributed by atoms with Gasteiger partial charge in [0.15, 0.2) is 0 Å². The van der Waals surface area contributed by atoms with Gasteiger partial charge in [0.05, 0.1) is 0 Å². The van der Waals surface area contributed by atoms with Gasteiger partial charge in [-0.25, -0.2) is 9.18 Å². The lowest BCUT2D eigenvalue weighted by Crippen LogP contribution is -2.17. The predicted molar refractivity (Wildman–Crippen MR) is 116 cm³/mol. The third-order valence-electron chi connectivity index (χ3n) is 5.03. The quantitative estimate of drug-likeness (QED) is 0.415. The minimum Gasteiger partial charge on any atom is -0.477 e. The molecule has 0 aliphatic carbocycles. The van der Waals surface area contributed by atoms with E-state index in [-0.39, 0.29) is 18.1 Å². The monoisotopic (exact) mass is 422 g/mol. The van der Waals surface area contributed by atoms with Gasteiger partial charge in [0.25, 0.3) is 0 Å². The van der Waals surface area contributed by atoms with E-state index in [1.54, 1.807) is 16.7 Å². The molecule has 0 amide bonds. The molecule has 4 rings (SSSR count). The van der Waals surface area contributed by atoms with E-state index in [0.29, 0.717) is 29.2 Å². The fraction of sp³-hybridized carbons (Fsp3) is 0.125. The van der Waals surface area contributed by atoms with Gasteiger partial charge in [-0.2, -0.15) is 0 Å². The average Bonchev–Trinajstić information content (AvgIpc) is 3.02. The second kappa shape index (κ2) is 8.69. The van der Waals surface area contributed by atoms with Crippen molar-refractivity contribution < 1.29 is 14.3 Å². The van der Waals surface area contributed by atoms with Crippen LogP contribution in [0.25, 0.3) is 10.9 Å². The Hall–Kier alpha value is -3.15. The van der Waals surface area contributed by atoms with Crippen LogP contribution in [0.2, 0.25) is 5.02 Å². The number of nitrogens with one attached hydrogen (secondary N) is 1. The SMILES string of the molecule is O=C(O)c1c(CNCc2cccc(Cl)c2)c2ccccc2n1Cc1cccc(F)c1. The van der Waals surface area contributed by atoms with E-state index in [9.17, 15) is 14.3 Å². The zero-order valence-corrected chi connectivity index (χ0v) is 16.9. The van der Waals surface area contributed by atoms with Crippen LogP contribution in [0.4, 0.5) is 4.39 Å². The molecule has 0 radical (unpaired) electrons. The van der Waals surface area contributed by atoms with E-state index in [4.69, 9.17) is 11.6 Å². The summed E-state index contributed by atoms with van der Waals surface area (Å²) in [5.41, 5.74) is 3.44. The van der Waals surface area contributed by atoms with Gasteiger partial charge in [-0.15, -0.1) is 0 Å². The summed E-state index contributed by atoms with van der Waals surface area (Å²) in [7, 11) is 0. The minimum atomic E-state index is -1.01. The van der Waals surface area contributed by atoms with Gasteiger partial charge in [-0.3, -0.25) is 0 Å². The van der Waals surface area contributed by atoms with Crippen LogP contribution >= 0.6 is 11.6 Å². The number of para-hydroxylation sites is 1. The zero-order valence-electron chi connectivity index (χ0n) is 16.1. The molecule has 1 aromatic heterocycles. The second-order valence-corrected chi connectivity index (χ2v) is 7.54. The van der Waals surface area contributed by atoms with Crippen molar-refractivity contribution in [3.8, 4) is 0 Å². The molecular weight excluding hydrogens is 403 g/mol. The van der Waals surface area contributed by atoms with Gasteiger partial charge in [0.1, 0.15) is 11.5 Å². The zero-order chi connectivity index (χ0) is 21.1. The van der Waals surface area contributed by atoms with Crippen molar-refractivity contribution in [1.82, 2.24) is 9.88 Å². The summed E-state index contributed by atoms with van der Waals surface area (Å²) in [6.45, 7) is 1.21. The van der Waals surface area contributed by atoms with Crippen LogP contribution in [-0.2, 0) is 19.6 Å². The fourth-order valence-electron chi connectivity index (χ4n) is 3.76. The number of rotatable bonds is 7. The second-order valence-electron chi connectivity index (χ2n) is 7.10. The number of hydrogen-bond acceptors (Lipinski definition) is 2. The van der Waals surface area contributed by atoms with Crippen LogP contribution in [-0.4, -0.2) is 15.6 Å². The molecule has 6 heteroatoms. The Labute approximate surface area is 178 Å². The fourth-order valence-corrected chi connectivity index (χ4v) is 3.97. The third-order valence-corrected chi connectivity index (χ3v) is 5.26. The normalized spacial score (nSPS) is 11.1. The molecule has 0 saturated heterocycles. The summed E-state index contributed by atoms with van der Waals surface area (Å²) in [5.74, 6) is -1.36. The number of hydrogen-bond donors (Lipinski definition) is 2. The van der Waals surface area contributed by atoms with Gasteiger partial charge in [0, 0.05) is 41.1 Å². The number of carboxylic acid groups (broad SMARTS) is 1. The predicted octanol–water partition coefficient (Wildman–Crippen LogP) is 5.47. The number of benzene rings is 3. The molecule has 0 bridgehead atoms. The first kappa shape index (κ1) is 20.1. The minimum absolute atomic E-state index is 0.207. The number of carbonyl (C=O) groups is 1. The van der Waals surface area contributed by atoms with Crippen molar-refractivity contribution in [2.75, 3.05) is 0 Å². The molecule has 4 nitrogen and oxygen atoms in total. The number of aromatic carboxylic acids is 1. The van der Waals surface area contributed by atoms with Crippen molar-refractivity contribution >= 4 is 28.5 Å². The number of fused-ring (bicyclic) bond motifs is 1. The molecule has 0 atom stereocenters. The first-order chi connectivity index (χ1) is 14.5. The van der Waals surface area contributed by atoms with Crippen LogP contribution in [0.15, 0.2) is 72.8 Å². The maximum Gasteiger partial charge on any atom is 0.352 e. The van der Waals surface area contributed by atoms with Crippen LogP contribution in [0.5, 0.6) is 0 Å². The average molecular weight is 423 g/mol. The molecule has 30 heavy (non-hydrogen) atoms. The lowest BCUT2D eigenvalue weighted by molar-refractivity contribution is 0.0685. The summed E-state index contributed by atoms with van der Waals surface area (Å²) >= 11 is 6.04. The van der Waals surface area contributed by atoms with Gasteiger partial charge in [0.2, 0.25) is 0 Å². The standard InChI is InChI=1S/C24H20ClFN2O2/c25-18-7-3-5-16(11-18)13-27-14-21-20-9-1-2-10-22(20)28(23(21)24(29)30)15-17-6-4-8-19(26)12-17/h1-12,27H,13-15H2,(H,29,30). The van der Waals surface area contributed by atoms with Crippen LogP contribution < -0.4 is 5.32 Å². The lowest BCUT2D eigenvalue weighted by Gasteiger charge is -2.10. The smallest absolute Gasteiger partial charge is 0.352 e. The lowest BCUT2D eigenvalue weighted by atomic mass is 10.1. The van der Waals surface area contributed by atoms with E-state index < -0.39 is 5.97 Å². The Morgan fingerprint density at radius 1 is 0.967 bits per heavy atom. The third kappa shape index (κ3) is 4.22. The van der Waals surface area contributed by atoms with E-state index >= 15 is 0 Å². The van der Waals surface area contributed by atoms with Crippen molar-refractivity contribution in [2.45, 2.75) is 19.6 Å². The van der Waals surface area contributed by atoms with Crippen LogP contribution in [0.3, 0.4) is 0 Å². The molecule has 0 spiro atoms. The highest BCUT2D eigenvalue weighted by Gasteiger charge is 2.22. The topological polar surface area (TPSA) is 54.3 Å². The summed E-state index contributed by atoms with van der Waals surface area (Å²) < 4.78 is 15.4. The molecule has 152 valence electrons. The van der Waals surface area contributed by atoms with E-state index in [0.717, 1.165) is 16.5 Å². The molecule has 0 fully saturated rings. The Kier molecular flexibility index (Phi) is 5.84. The molecule has 4 aromatic rings. The Morgan fingerprint density at radius 2 is 1.73 bits per heavy atom. The number of nitrogens with zero attached hydrogens (tertiary/aromatic N) is 1. The Bertz CT molecular complexity index is 1220. The van der Waals surface area contributed by atoms with Crippen LogP contribution in [0.1, 0.15) is 27.2 Å². The molecule has 3 aromatic carbocycles. The van der Waals surface area contributed by atoms with Crippen molar-refractivity contribution in [3.63, 3.8) is 0 Å². The first-order valence-electron chi connectivity index (χ1n) is 9.56. The highest BCUT2D eigenvalue weighted by Crippen LogP contribution is 2.28. The van der Waals surface area contributed by atoms with Gasteiger partial charge < -0.3 is 15.0 Å². The Morgan fingerprint density at radius 3 is 2.50 bits per heavy atom. The maximum absolute atomic E-state index is 13.7. The molecule has 0 unspecified atom stereocenters. The summed E-state index contributed by atoms with van der Waals surface area (Å²) in [5, 5.41) is 14.8. The van der Waals surface area contributed by atoms with Gasteiger partial charge in [-0.1, -0.05) is 54.1 Å². The number of aromatic nitrogens is 1. The molecule has 0 aliphatic heterocycles. The van der Waals surface area contributed by atoms with E-state index in [2.05, 4.69) is 5.32 Å². The van der Waals surface area contributed by atoms with Crippen molar-refractivity contribution in [3.05, 3.63) is 106 Å². The molecule has 0 aliphatic rings. The highest BCUT2D eigenvalue weighted by atomic mass is 35.5. The Balaban J connectivity index is 1.70. The van der Waals surface area contributed by atoms with Crippen LogP contribution in [0, 0.1) is 5.82 Å². The molecule has 1 heterocycles. The first-order valence-corrected chi connectivity index (χ1v) is 9.93. The van der Waals surface area contributed by atoms with Crippen molar-refractivity contribution in [1.29, 1.82) is 0 Å². The number of halogens is 2. The summed E-state index contributed by atoms with van der Waals surface area (Å²) in [4.78, 5) is 12.2. The van der Waals surface area contributed by atoms with E-state index in [1.165, 1.54) is 12.1 Å². The van der Waals surface area contributed by atoms with E-state index in [1.807, 2.05) is 48.5 Å².